The summed E-state index contributed by atoms with van der Waals surface area (Å²) in [6, 6.07) is 14.3. The number of benzene rings is 2. The van der Waals surface area contributed by atoms with Crippen molar-refractivity contribution in [3.05, 3.63) is 76.3 Å². The molecule has 2 aromatic carbocycles. The Kier molecular flexibility index (Phi) is 6.37. The molecule has 0 saturated carbocycles. The lowest BCUT2D eigenvalue weighted by Crippen LogP contribution is -2.41. The summed E-state index contributed by atoms with van der Waals surface area (Å²) in [7, 11) is 1.58. The van der Waals surface area contributed by atoms with E-state index in [2.05, 4.69) is 4.98 Å². The van der Waals surface area contributed by atoms with Gasteiger partial charge in [-0.05, 0) is 36.8 Å². The van der Waals surface area contributed by atoms with E-state index in [1.165, 1.54) is 23.2 Å². The molecule has 0 saturated heterocycles. The Balaban J connectivity index is 1.72. The number of thiazole rings is 1. The maximum Gasteiger partial charge on any atom is 0.261 e. The average molecular weight is 462 g/mol. The van der Waals surface area contributed by atoms with Crippen LogP contribution < -0.4 is 9.64 Å². The van der Waals surface area contributed by atoms with Gasteiger partial charge in [-0.1, -0.05) is 30.3 Å². The van der Waals surface area contributed by atoms with Gasteiger partial charge < -0.3 is 4.74 Å². The minimum atomic E-state index is -0.386. The van der Waals surface area contributed by atoms with Crippen LogP contribution in [-0.2, 0) is 16.1 Å². The van der Waals surface area contributed by atoms with Crippen molar-refractivity contribution in [1.29, 1.82) is 0 Å². The Morgan fingerprint density at radius 1 is 1.09 bits per heavy atom. The lowest BCUT2D eigenvalue weighted by Gasteiger charge is -2.28. The Labute approximate surface area is 195 Å². The second-order valence-electron chi connectivity index (χ2n) is 7.47. The molecule has 0 radical (unpaired) electrons. The lowest BCUT2D eigenvalue weighted by molar-refractivity contribution is -0.123. The number of carbonyl (C=O) groups is 3. The van der Waals surface area contributed by atoms with Crippen LogP contribution in [0.5, 0.6) is 5.75 Å². The predicted octanol–water partition coefficient (Wildman–Crippen LogP) is 4.25. The van der Waals surface area contributed by atoms with E-state index in [1.54, 1.807) is 59.9 Å². The normalized spacial score (nSPS) is 14.4. The summed E-state index contributed by atoms with van der Waals surface area (Å²) >= 11 is 1.33. The second-order valence-corrected chi connectivity index (χ2v) is 8.30. The van der Waals surface area contributed by atoms with Crippen LogP contribution in [0.4, 0.5) is 5.13 Å². The number of amides is 3. The standard InChI is InChI=1S/C25H23N3O4S/c1-4-27(16(2)29)25-26-18(15-33-25)13-22-20-7-5-6-8-21(20)23(30)28(24(22)31)14-17-9-11-19(32-3)12-10-17/h5-13,15H,4,14H2,1-3H3/b22-13+. The average Bonchev–Trinajstić information content (AvgIpc) is 3.28. The first-order valence-electron chi connectivity index (χ1n) is 10.5. The van der Waals surface area contributed by atoms with Crippen molar-refractivity contribution in [2.45, 2.75) is 20.4 Å². The lowest BCUT2D eigenvalue weighted by atomic mass is 9.92. The van der Waals surface area contributed by atoms with Gasteiger partial charge >= 0.3 is 0 Å². The van der Waals surface area contributed by atoms with Gasteiger partial charge in [0.15, 0.2) is 5.13 Å². The van der Waals surface area contributed by atoms with E-state index in [4.69, 9.17) is 4.74 Å². The van der Waals surface area contributed by atoms with E-state index in [0.29, 0.717) is 39.8 Å². The van der Waals surface area contributed by atoms with Crippen LogP contribution in [0.3, 0.4) is 0 Å². The molecule has 4 rings (SSSR count). The van der Waals surface area contributed by atoms with Crippen LogP contribution in [0.15, 0.2) is 53.9 Å². The SMILES string of the molecule is CCN(C(C)=O)c1nc(/C=C2/C(=O)N(Cc3ccc(OC)cc3)C(=O)c3ccccc32)cs1. The van der Waals surface area contributed by atoms with Crippen molar-refractivity contribution in [1.82, 2.24) is 9.88 Å². The number of imide groups is 1. The number of ether oxygens (including phenoxy) is 1. The smallest absolute Gasteiger partial charge is 0.261 e. The van der Waals surface area contributed by atoms with Gasteiger partial charge in [0.05, 0.1) is 24.9 Å². The summed E-state index contributed by atoms with van der Waals surface area (Å²) in [6.45, 7) is 4.02. The minimum absolute atomic E-state index is 0.0959. The van der Waals surface area contributed by atoms with Gasteiger partial charge in [0.25, 0.3) is 11.8 Å². The van der Waals surface area contributed by atoms with Crippen molar-refractivity contribution < 1.29 is 19.1 Å². The first-order valence-corrected chi connectivity index (χ1v) is 11.3. The van der Waals surface area contributed by atoms with E-state index in [1.807, 2.05) is 19.1 Å². The number of carbonyl (C=O) groups excluding carboxylic acids is 3. The second kappa shape index (κ2) is 9.38. The molecule has 1 aliphatic heterocycles. The molecule has 0 unspecified atom stereocenters. The molecule has 3 aromatic rings. The van der Waals surface area contributed by atoms with E-state index < -0.39 is 0 Å². The summed E-state index contributed by atoms with van der Waals surface area (Å²) in [4.78, 5) is 45.8. The van der Waals surface area contributed by atoms with Crippen molar-refractivity contribution in [3.8, 4) is 5.75 Å². The summed E-state index contributed by atoms with van der Waals surface area (Å²) in [5.41, 5.74) is 2.80. The zero-order chi connectivity index (χ0) is 23.5. The molecule has 0 N–H and O–H groups in total. The fourth-order valence-electron chi connectivity index (χ4n) is 3.71. The third kappa shape index (κ3) is 4.42. The fourth-order valence-corrected chi connectivity index (χ4v) is 4.60. The molecule has 168 valence electrons. The first kappa shape index (κ1) is 22.4. The summed E-state index contributed by atoms with van der Waals surface area (Å²) in [5.74, 6) is -0.118. The van der Waals surface area contributed by atoms with Gasteiger partial charge in [0.2, 0.25) is 5.91 Å². The van der Waals surface area contributed by atoms with Gasteiger partial charge in [-0.2, -0.15) is 0 Å². The molecule has 1 aromatic heterocycles. The van der Waals surface area contributed by atoms with Gasteiger partial charge in [0.1, 0.15) is 5.75 Å². The van der Waals surface area contributed by atoms with Crippen LogP contribution in [0.1, 0.15) is 41.0 Å². The van der Waals surface area contributed by atoms with Gasteiger partial charge in [-0.25, -0.2) is 4.98 Å². The van der Waals surface area contributed by atoms with Gasteiger partial charge in [-0.3, -0.25) is 24.2 Å². The van der Waals surface area contributed by atoms with Crippen LogP contribution in [0, 0.1) is 0 Å². The van der Waals surface area contributed by atoms with Crippen molar-refractivity contribution in [3.63, 3.8) is 0 Å². The predicted molar refractivity (Wildman–Crippen MR) is 128 cm³/mol. The Morgan fingerprint density at radius 3 is 2.42 bits per heavy atom. The molecule has 33 heavy (non-hydrogen) atoms. The first-order chi connectivity index (χ1) is 15.9. The molecule has 0 spiro atoms. The summed E-state index contributed by atoms with van der Waals surface area (Å²) < 4.78 is 5.19. The highest BCUT2D eigenvalue weighted by molar-refractivity contribution is 7.14. The Hall–Kier alpha value is -3.78. The number of methoxy groups -OCH3 is 1. The highest BCUT2D eigenvalue weighted by Crippen LogP contribution is 2.32. The van der Waals surface area contributed by atoms with Gasteiger partial charge in [0, 0.05) is 30.0 Å². The molecular weight excluding hydrogens is 438 g/mol. The molecule has 0 fully saturated rings. The number of hydrogen-bond donors (Lipinski definition) is 0. The number of anilines is 1. The number of rotatable bonds is 6. The maximum absolute atomic E-state index is 13.5. The zero-order valence-electron chi connectivity index (χ0n) is 18.6. The number of fused-ring (bicyclic) bond motifs is 1. The Morgan fingerprint density at radius 2 is 1.79 bits per heavy atom. The molecule has 3 amide bonds. The molecular formula is C25H23N3O4S. The minimum Gasteiger partial charge on any atom is -0.497 e. The van der Waals surface area contributed by atoms with Crippen LogP contribution in [0.2, 0.25) is 0 Å². The molecule has 8 heteroatoms. The van der Waals surface area contributed by atoms with E-state index in [9.17, 15) is 14.4 Å². The van der Waals surface area contributed by atoms with Crippen LogP contribution in [0.25, 0.3) is 11.6 Å². The molecule has 0 bridgehead atoms. The summed E-state index contributed by atoms with van der Waals surface area (Å²) in [5, 5.41) is 2.37. The number of hydrogen-bond acceptors (Lipinski definition) is 6. The fraction of sp³-hybridized carbons (Fsp3) is 0.200. The highest BCUT2D eigenvalue weighted by atomic mass is 32.1. The maximum atomic E-state index is 13.5. The van der Waals surface area contributed by atoms with Gasteiger partial charge in [-0.15, -0.1) is 11.3 Å². The van der Waals surface area contributed by atoms with Crippen LogP contribution in [-0.4, -0.2) is 41.3 Å². The van der Waals surface area contributed by atoms with Crippen molar-refractivity contribution >= 4 is 45.8 Å². The molecule has 0 aliphatic carbocycles. The highest BCUT2D eigenvalue weighted by Gasteiger charge is 2.34. The van der Waals surface area contributed by atoms with E-state index in [0.717, 1.165) is 5.56 Å². The van der Waals surface area contributed by atoms with E-state index in [-0.39, 0.29) is 24.3 Å². The largest absolute Gasteiger partial charge is 0.497 e. The molecule has 7 nitrogen and oxygen atoms in total. The van der Waals surface area contributed by atoms with Crippen molar-refractivity contribution in [2.24, 2.45) is 0 Å². The monoisotopic (exact) mass is 461 g/mol. The molecule has 0 atom stereocenters. The molecule has 1 aliphatic rings. The topological polar surface area (TPSA) is 79.8 Å². The third-order valence-corrected chi connectivity index (χ3v) is 6.28. The quantitative estimate of drug-likeness (QED) is 0.405. The number of nitrogens with zero attached hydrogens (tertiary/aromatic N) is 3. The van der Waals surface area contributed by atoms with E-state index >= 15 is 0 Å². The summed E-state index contributed by atoms with van der Waals surface area (Å²) in [6.07, 6.45) is 1.68. The third-order valence-electron chi connectivity index (χ3n) is 5.40. The zero-order valence-corrected chi connectivity index (χ0v) is 19.4. The van der Waals surface area contributed by atoms with Crippen molar-refractivity contribution in [2.75, 3.05) is 18.6 Å². The molecule has 2 heterocycles. The number of aromatic nitrogens is 1. The Bertz CT molecular complexity index is 1250. The van der Waals surface area contributed by atoms with Crippen LogP contribution >= 0.6 is 11.3 Å².